The molecule has 1 aliphatic rings. The van der Waals surface area contributed by atoms with E-state index in [1.807, 2.05) is 12.2 Å². The van der Waals surface area contributed by atoms with Gasteiger partial charge in [-0.15, -0.1) is 11.6 Å². The average Bonchev–Trinajstić information content (AvgIpc) is 1.95. The van der Waals surface area contributed by atoms with Crippen LogP contribution >= 0.6 is 23.4 Å². The molecule has 1 aliphatic carbocycles. The second-order valence-electron chi connectivity index (χ2n) is 2.14. The van der Waals surface area contributed by atoms with Gasteiger partial charge >= 0.3 is 0 Å². The third-order valence-electron chi connectivity index (χ3n) is 1.38. The zero-order valence-electron chi connectivity index (χ0n) is 5.35. The number of nitrogens with zero attached hydrogens (tertiary/aromatic N) is 1. The first-order chi connectivity index (χ1) is 4.75. The zero-order chi connectivity index (χ0) is 7.56. The molecule has 1 nitrogen and oxygen atoms in total. The summed E-state index contributed by atoms with van der Waals surface area (Å²) >= 11 is 11.1. The first-order valence-corrected chi connectivity index (χ1v) is 3.70. The Morgan fingerprint density at radius 3 is 2.90 bits per heavy atom. The summed E-state index contributed by atoms with van der Waals surface area (Å²) in [5, 5.41) is -0.206. The van der Waals surface area contributed by atoms with Crippen molar-refractivity contribution in [1.82, 2.24) is 0 Å². The van der Waals surface area contributed by atoms with Crippen LogP contribution in [0.25, 0.3) is 0 Å². The zero-order valence-corrected chi connectivity index (χ0v) is 6.86. The number of rotatable bonds is 0. The average molecular weight is 176 g/mol. The maximum atomic E-state index is 5.87. The van der Waals surface area contributed by atoms with Crippen molar-refractivity contribution in [2.45, 2.75) is 11.8 Å². The van der Waals surface area contributed by atoms with Crippen molar-refractivity contribution in [3.63, 3.8) is 0 Å². The van der Waals surface area contributed by atoms with Crippen molar-refractivity contribution in [2.24, 2.45) is 4.51 Å². The number of hydrogen-bond donors (Lipinski definition) is 0. The van der Waals surface area contributed by atoms with Gasteiger partial charge in [-0.1, -0.05) is 12.7 Å². The number of halogens is 2. The van der Waals surface area contributed by atoms with Crippen LogP contribution in [0.2, 0.25) is 0 Å². The molecule has 0 bridgehead atoms. The summed E-state index contributed by atoms with van der Waals surface area (Å²) < 4.78 is 3.49. The first kappa shape index (κ1) is 7.83. The van der Waals surface area contributed by atoms with E-state index < -0.39 is 0 Å². The van der Waals surface area contributed by atoms with Crippen LogP contribution in [0.1, 0.15) is 6.42 Å². The molecule has 0 radical (unpaired) electrons. The standard InChI is InChI=1S/C7H7Cl2N/c1-5-3-2-4-6(10-9)7(5)8/h2,4,7H,1,3H2. The minimum atomic E-state index is -0.206. The summed E-state index contributed by atoms with van der Waals surface area (Å²) in [6.45, 7) is 3.77. The van der Waals surface area contributed by atoms with E-state index in [4.69, 9.17) is 23.4 Å². The molecule has 0 aromatic rings. The minimum absolute atomic E-state index is 0.206. The van der Waals surface area contributed by atoms with E-state index in [0.717, 1.165) is 12.0 Å². The van der Waals surface area contributed by atoms with Gasteiger partial charge in [-0.3, -0.25) is 0 Å². The lowest BCUT2D eigenvalue weighted by Crippen LogP contribution is -2.16. The Balaban J connectivity index is 2.87. The van der Waals surface area contributed by atoms with Gasteiger partial charge in [0, 0.05) is 11.8 Å². The van der Waals surface area contributed by atoms with E-state index in [-0.39, 0.29) is 5.38 Å². The molecule has 1 atom stereocenters. The van der Waals surface area contributed by atoms with Crippen molar-refractivity contribution in [1.29, 1.82) is 0 Å². The van der Waals surface area contributed by atoms with E-state index in [1.165, 1.54) is 0 Å². The normalized spacial score (nSPS) is 29.6. The lowest BCUT2D eigenvalue weighted by Gasteiger charge is -2.14. The Morgan fingerprint density at radius 1 is 1.70 bits per heavy atom. The molecule has 0 heterocycles. The van der Waals surface area contributed by atoms with Crippen molar-refractivity contribution in [3.05, 3.63) is 24.3 Å². The van der Waals surface area contributed by atoms with Crippen molar-refractivity contribution >= 4 is 29.1 Å². The van der Waals surface area contributed by atoms with Crippen LogP contribution in [0.5, 0.6) is 0 Å². The van der Waals surface area contributed by atoms with Crippen molar-refractivity contribution in [3.8, 4) is 0 Å². The number of alkyl halides is 1. The third kappa shape index (κ3) is 1.41. The molecule has 0 aliphatic heterocycles. The molecule has 0 fully saturated rings. The van der Waals surface area contributed by atoms with Gasteiger partial charge in [0.2, 0.25) is 0 Å². The maximum absolute atomic E-state index is 5.87. The van der Waals surface area contributed by atoms with E-state index in [2.05, 4.69) is 11.1 Å². The summed E-state index contributed by atoms with van der Waals surface area (Å²) in [6.07, 6.45) is 4.59. The van der Waals surface area contributed by atoms with Crippen LogP contribution in [0, 0.1) is 0 Å². The molecule has 1 unspecified atom stereocenters. The van der Waals surface area contributed by atoms with Crippen LogP contribution in [0.3, 0.4) is 0 Å². The Kier molecular flexibility index (Phi) is 2.52. The predicted molar refractivity (Wildman–Crippen MR) is 45.8 cm³/mol. The summed E-state index contributed by atoms with van der Waals surface area (Å²) in [4.78, 5) is 0. The molecule has 0 aromatic carbocycles. The highest BCUT2D eigenvalue weighted by atomic mass is 35.5. The molecule has 0 N–H and O–H groups in total. The van der Waals surface area contributed by atoms with Gasteiger partial charge in [-0.25, -0.2) is 0 Å². The molecule has 0 amide bonds. The van der Waals surface area contributed by atoms with E-state index in [0.29, 0.717) is 5.71 Å². The summed E-state index contributed by atoms with van der Waals surface area (Å²) in [5.74, 6) is 0. The van der Waals surface area contributed by atoms with Crippen LogP contribution in [-0.4, -0.2) is 11.1 Å². The first-order valence-electron chi connectivity index (χ1n) is 2.93. The highest BCUT2D eigenvalue weighted by molar-refractivity contribution is 6.39. The molecule has 0 spiro atoms. The maximum Gasteiger partial charge on any atom is 0.0978 e. The van der Waals surface area contributed by atoms with Crippen molar-refractivity contribution in [2.75, 3.05) is 0 Å². The summed E-state index contributed by atoms with van der Waals surface area (Å²) in [6, 6.07) is 0. The summed E-state index contributed by atoms with van der Waals surface area (Å²) in [7, 11) is 0. The SMILES string of the molecule is C=C1CC=CC(=NCl)C1Cl. The number of allylic oxidation sites excluding steroid dienone is 3. The second kappa shape index (κ2) is 3.22. The minimum Gasteiger partial charge on any atom is -0.181 e. The molecule has 0 aromatic heterocycles. The van der Waals surface area contributed by atoms with Gasteiger partial charge in [-0.05, 0) is 18.1 Å². The molecule has 0 saturated heterocycles. The Morgan fingerprint density at radius 2 is 2.40 bits per heavy atom. The molecule has 0 saturated carbocycles. The van der Waals surface area contributed by atoms with Crippen LogP contribution in [0.15, 0.2) is 28.8 Å². The van der Waals surface area contributed by atoms with Crippen LogP contribution in [-0.2, 0) is 0 Å². The Hall–Kier alpha value is -0.270. The van der Waals surface area contributed by atoms with Crippen LogP contribution < -0.4 is 0 Å². The molecular formula is C7H7Cl2N. The molecule has 10 heavy (non-hydrogen) atoms. The fraction of sp³-hybridized carbons (Fsp3) is 0.286. The Labute approximate surface area is 70.2 Å². The van der Waals surface area contributed by atoms with Gasteiger partial charge in [0.05, 0.1) is 11.1 Å². The predicted octanol–water partition coefficient (Wildman–Crippen LogP) is 2.70. The van der Waals surface area contributed by atoms with Gasteiger partial charge in [0.25, 0.3) is 0 Å². The van der Waals surface area contributed by atoms with Gasteiger partial charge in [0.15, 0.2) is 0 Å². The summed E-state index contributed by atoms with van der Waals surface area (Å²) in [5.41, 5.74) is 1.63. The Bertz CT molecular complexity index is 203. The van der Waals surface area contributed by atoms with Gasteiger partial charge < -0.3 is 0 Å². The lowest BCUT2D eigenvalue weighted by molar-refractivity contribution is 1.14. The topological polar surface area (TPSA) is 12.4 Å². The van der Waals surface area contributed by atoms with Crippen molar-refractivity contribution < 1.29 is 0 Å². The quantitative estimate of drug-likeness (QED) is 0.397. The lowest BCUT2D eigenvalue weighted by atomic mass is 10.0. The monoisotopic (exact) mass is 175 g/mol. The largest absolute Gasteiger partial charge is 0.181 e. The van der Waals surface area contributed by atoms with Crippen LogP contribution in [0.4, 0.5) is 0 Å². The van der Waals surface area contributed by atoms with E-state index >= 15 is 0 Å². The van der Waals surface area contributed by atoms with E-state index in [9.17, 15) is 0 Å². The fourth-order valence-electron chi connectivity index (χ4n) is 0.799. The fourth-order valence-corrected chi connectivity index (χ4v) is 1.21. The van der Waals surface area contributed by atoms with Gasteiger partial charge in [0.1, 0.15) is 0 Å². The molecule has 3 heteroatoms. The van der Waals surface area contributed by atoms with E-state index in [1.54, 1.807) is 0 Å². The second-order valence-corrected chi connectivity index (χ2v) is 2.74. The third-order valence-corrected chi connectivity index (χ3v) is 2.11. The smallest absolute Gasteiger partial charge is 0.0978 e. The number of hydrogen-bond acceptors (Lipinski definition) is 1. The highest BCUT2D eigenvalue weighted by Crippen LogP contribution is 2.20. The van der Waals surface area contributed by atoms with Gasteiger partial charge in [-0.2, -0.15) is 4.51 Å². The highest BCUT2D eigenvalue weighted by Gasteiger charge is 2.16. The molecule has 1 rings (SSSR count). The molecular weight excluding hydrogens is 169 g/mol. The molecule has 54 valence electrons.